The highest BCUT2D eigenvalue weighted by atomic mass is 16.3. The van der Waals surface area contributed by atoms with Gasteiger partial charge in [0.1, 0.15) is 11.2 Å². The minimum Gasteiger partial charge on any atom is -0.455 e. The lowest BCUT2D eigenvalue weighted by molar-refractivity contribution is 0.669. The molecule has 2 aromatic heterocycles. The van der Waals surface area contributed by atoms with Gasteiger partial charge in [-0.2, -0.15) is 0 Å². The molecular formula is C47H28N2O. The van der Waals surface area contributed by atoms with Crippen LogP contribution in [0.4, 0.5) is 0 Å². The molecular weight excluding hydrogens is 609 g/mol. The molecule has 3 nitrogen and oxygen atoms in total. The Bertz CT molecular complexity index is 2770. The van der Waals surface area contributed by atoms with Crippen LogP contribution in [0.1, 0.15) is 22.3 Å². The second-order valence-corrected chi connectivity index (χ2v) is 13.2. The maximum Gasteiger partial charge on any atom is 0.164 e. The number of rotatable bonds is 3. The van der Waals surface area contributed by atoms with Crippen LogP contribution in [0.2, 0.25) is 0 Å². The van der Waals surface area contributed by atoms with E-state index in [1.54, 1.807) is 0 Å². The van der Waals surface area contributed by atoms with Gasteiger partial charge < -0.3 is 4.42 Å². The number of aromatic nitrogens is 2. The number of hydrogen-bond acceptors (Lipinski definition) is 3. The summed E-state index contributed by atoms with van der Waals surface area (Å²) in [5.74, 6) is 0.639. The van der Waals surface area contributed by atoms with E-state index >= 15 is 0 Å². The van der Waals surface area contributed by atoms with E-state index in [0.717, 1.165) is 50.0 Å². The number of hydrogen-bond donors (Lipinski definition) is 0. The number of fused-ring (bicyclic) bond motifs is 13. The average molecular weight is 637 g/mol. The van der Waals surface area contributed by atoms with Crippen molar-refractivity contribution in [1.29, 1.82) is 0 Å². The largest absolute Gasteiger partial charge is 0.455 e. The zero-order valence-electron chi connectivity index (χ0n) is 27.0. The van der Waals surface area contributed by atoms with Gasteiger partial charge in [-0.1, -0.05) is 152 Å². The summed E-state index contributed by atoms with van der Waals surface area (Å²) in [4.78, 5) is 10.7. The fourth-order valence-corrected chi connectivity index (χ4v) is 8.75. The van der Waals surface area contributed by atoms with Gasteiger partial charge in [-0.05, 0) is 62.7 Å². The molecule has 7 aromatic carbocycles. The molecule has 0 aliphatic heterocycles. The van der Waals surface area contributed by atoms with Gasteiger partial charge in [-0.25, -0.2) is 9.97 Å². The molecule has 0 amide bonds. The molecule has 0 saturated heterocycles. The Kier molecular flexibility index (Phi) is 5.59. The Labute approximate surface area is 289 Å². The van der Waals surface area contributed by atoms with Crippen LogP contribution in [-0.4, -0.2) is 9.97 Å². The lowest BCUT2D eigenvalue weighted by Crippen LogP contribution is -2.26. The summed E-state index contributed by atoms with van der Waals surface area (Å²) in [6.07, 6.45) is 0. The molecule has 0 fully saturated rings. The first-order chi connectivity index (χ1) is 24.8. The second kappa shape index (κ2) is 10.2. The average Bonchev–Trinajstić information content (AvgIpc) is 3.82. The third kappa shape index (κ3) is 3.58. The van der Waals surface area contributed by atoms with Crippen LogP contribution in [-0.2, 0) is 5.41 Å². The van der Waals surface area contributed by atoms with Crippen molar-refractivity contribution in [2.45, 2.75) is 5.41 Å². The van der Waals surface area contributed by atoms with Crippen LogP contribution in [0.5, 0.6) is 0 Å². The normalized spacial score (nSPS) is 13.4. The molecule has 0 atom stereocenters. The monoisotopic (exact) mass is 636 g/mol. The van der Waals surface area contributed by atoms with Crippen LogP contribution in [0.3, 0.4) is 0 Å². The van der Waals surface area contributed by atoms with E-state index in [2.05, 4.69) is 152 Å². The SMILES string of the molecule is c1ccc(-c2cc(-c3cccc4c3C3(c5ccccc5-c5ccccc53)c3ccccc3-4)nc(-c3cccc4c3oc3ccccc34)n2)cc1. The van der Waals surface area contributed by atoms with Crippen LogP contribution >= 0.6 is 0 Å². The smallest absolute Gasteiger partial charge is 0.164 e. The molecule has 0 radical (unpaired) electrons. The maximum atomic E-state index is 6.52. The lowest BCUT2D eigenvalue weighted by Gasteiger charge is -2.32. The number of benzene rings is 7. The van der Waals surface area contributed by atoms with Crippen LogP contribution < -0.4 is 0 Å². The predicted molar refractivity (Wildman–Crippen MR) is 202 cm³/mol. The zero-order chi connectivity index (χ0) is 32.8. The molecule has 0 bridgehead atoms. The summed E-state index contributed by atoms with van der Waals surface area (Å²) in [6.45, 7) is 0. The minimum absolute atomic E-state index is 0.494. The Morgan fingerprint density at radius 2 is 0.920 bits per heavy atom. The first kappa shape index (κ1) is 27.4. The third-order valence-electron chi connectivity index (χ3n) is 10.7. The zero-order valence-corrected chi connectivity index (χ0v) is 27.0. The predicted octanol–water partition coefficient (Wildman–Crippen LogP) is 11.7. The molecule has 0 N–H and O–H groups in total. The Morgan fingerprint density at radius 3 is 1.66 bits per heavy atom. The van der Waals surface area contributed by atoms with Gasteiger partial charge >= 0.3 is 0 Å². The summed E-state index contributed by atoms with van der Waals surface area (Å²) in [6, 6.07) is 60.6. The highest BCUT2D eigenvalue weighted by Gasteiger charge is 2.52. The molecule has 232 valence electrons. The van der Waals surface area contributed by atoms with E-state index in [0.29, 0.717) is 5.82 Å². The van der Waals surface area contributed by atoms with Gasteiger partial charge in [-0.3, -0.25) is 0 Å². The minimum atomic E-state index is -0.494. The van der Waals surface area contributed by atoms with E-state index in [9.17, 15) is 0 Å². The maximum absolute atomic E-state index is 6.52. The molecule has 50 heavy (non-hydrogen) atoms. The molecule has 3 heteroatoms. The van der Waals surface area contributed by atoms with Gasteiger partial charge in [0.25, 0.3) is 0 Å². The van der Waals surface area contributed by atoms with Crippen molar-refractivity contribution < 1.29 is 4.42 Å². The summed E-state index contributed by atoms with van der Waals surface area (Å²) in [5, 5.41) is 2.14. The molecule has 2 aliphatic carbocycles. The van der Waals surface area contributed by atoms with Crippen LogP contribution in [0, 0.1) is 0 Å². The molecule has 2 aliphatic rings. The van der Waals surface area contributed by atoms with Gasteiger partial charge in [0.2, 0.25) is 0 Å². The van der Waals surface area contributed by atoms with Gasteiger partial charge in [-0.15, -0.1) is 0 Å². The molecule has 11 rings (SSSR count). The van der Waals surface area contributed by atoms with E-state index in [1.807, 2.05) is 18.2 Å². The summed E-state index contributed by atoms with van der Waals surface area (Å²) in [5.41, 5.74) is 16.2. The van der Waals surface area contributed by atoms with Gasteiger partial charge in [0.15, 0.2) is 5.82 Å². The Balaban J connectivity index is 1.24. The van der Waals surface area contributed by atoms with Crippen molar-refractivity contribution in [2.75, 3.05) is 0 Å². The van der Waals surface area contributed by atoms with Gasteiger partial charge in [0, 0.05) is 21.9 Å². The third-order valence-corrected chi connectivity index (χ3v) is 10.7. The number of furan rings is 1. The van der Waals surface area contributed by atoms with Crippen LogP contribution in [0.25, 0.3) is 78.1 Å². The lowest BCUT2D eigenvalue weighted by atomic mass is 9.69. The Hall–Kier alpha value is -6.58. The van der Waals surface area contributed by atoms with E-state index in [4.69, 9.17) is 14.4 Å². The molecule has 0 saturated carbocycles. The quantitative estimate of drug-likeness (QED) is 0.194. The fraction of sp³-hybridized carbons (Fsp3) is 0.0213. The topological polar surface area (TPSA) is 38.9 Å². The molecule has 1 spiro atoms. The standard InChI is InChI=1S/C47H28N2O/c1-2-14-29(15-3-1)41-28-42(49-46(48-41)37-23-13-21-35-33-19-7-11-27-43(33)50-45(35)37)36-22-12-20-34-32-18-6-10-26-40(32)47(44(34)36)38-24-8-4-16-30(38)31-17-5-9-25-39(31)47/h1-28H. The number of para-hydroxylation sites is 2. The highest BCUT2D eigenvalue weighted by molar-refractivity contribution is 6.09. The molecule has 9 aromatic rings. The highest BCUT2D eigenvalue weighted by Crippen LogP contribution is 2.64. The summed E-state index contributed by atoms with van der Waals surface area (Å²) < 4.78 is 6.52. The number of nitrogens with zero attached hydrogens (tertiary/aromatic N) is 2. The summed E-state index contributed by atoms with van der Waals surface area (Å²) >= 11 is 0. The molecule has 2 heterocycles. The Morgan fingerprint density at radius 1 is 0.400 bits per heavy atom. The summed E-state index contributed by atoms with van der Waals surface area (Å²) in [7, 11) is 0. The van der Waals surface area contributed by atoms with Gasteiger partial charge in [0.05, 0.1) is 22.4 Å². The first-order valence-electron chi connectivity index (χ1n) is 17.1. The van der Waals surface area contributed by atoms with E-state index < -0.39 is 5.41 Å². The fourth-order valence-electron chi connectivity index (χ4n) is 8.75. The van der Waals surface area contributed by atoms with E-state index in [-0.39, 0.29) is 0 Å². The second-order valence-electron chi connectivity index (χ2n) is 13.2. The van der Waals surface area contributed by atoms with Crippen molar-refractivity contribution in [3.8, 4) is 56.2 Å². The van der Waals surface area contributed by atoms with Crippen molar-refractivity contribution in [3.05, 3.63) is 192 Å². The van der Waals surface area contributed by atoms with Crippen molar-refractivity contribution in [1.82, 2.24) is 9.97 Å². The van der Waals surface area contributed by atoms with Crippen molar-refractivity contribution in [2.24, 2.45) is 0 Å². The van der Waals surface area contributed by atoms with Crippen molar-refractivity contribution >= 4 is 21.9 Å². The van der Waals surface area contributed by atoms with Crippen LogP contribution in [0.15, 0.2) is 174 Å². The first-order valence-corrected chi connectivity index (χ1v) is 17.1. The van der Waals surface area contributed by atoms with Crippen molar-refractivity contribution in [3.63, 3.8) is 0 Å². The molecule has 0 unspecified atom stereocenters. The van der Waals surface area contributed by atoms with E-state index in [1.165, 1.54) is 44.5 Å².